The molecule has 0 fully saturated rings. The van der Waals surface area contributed by atoms with Gasteiger partial charge in [-0.1, -0.05) is 20.4 Å². The molecule has 94 valence electrons. The highest BCUT2D eigenvalue weighted by Gasteiger charge is 2.07. The number of hydrogen-bond acceptors (Lipinski definition) is 3. The molecule has 1 rings (SSSR count). The van der Waals surface area contributed by atoms with Gasteiger partial charge in [-0.2, -0.15) is 0 Å². The molecule has 0 spiro atoms. The maximum absolute atomic E-state index is 11.8. The Kier molecular flexibility index (Phi) is 5.01. The molecule has 0 atom stereocenters. The number of rotatable bonds is 5. The van der Waals surface area contributed by atoms with Crippen molar-refractivity contribution in [1.82, 2.24) is 0 Å². The molecule has 0 aliphatic carbocycles. The van der Waals surface area contributed by atoms with Gasteiger partial charge < -0.3 is 9.32 Å². The van der Waals surface area contributed by atoms with Crippen LogP contribution in [-0.4, -0.2) is 13.1 Å². The van der Waals surface area contributed by atoms with Crippen molar-refractivity contribution < 1.29 is 4.42 Å². The first-order valence-corrected chi connectivity index (χ1v) is 6.22. The monoisotopic (exact) mass is 235 g/mol. The molecule has 1 aromatic rings. The number of nitrogens with zero attached hydrogens (tertiary/aromatic N) is 1. The second kappa shape index (κ2) is 6.28. The summed E-state index contributed by atoms with van der Waals surface area (Å²) in [7, 11) is 0. The van der Waals surface area contributed by atoms with Crippen LogP contribution in [0.5, 0.6) is 0 Å². The lowest BCUT2D eigenvalue weighted by atomic mass is 10.3. The molecule has 0 amide bonds. The van der Waals surface area contributed by atoms with Gasteiger partial charge in [0.2, 0.25) is 0 Å². The van der Waals surface area contributed by atoms with E-state index in [1.165, 1.54) is 6.07 Å². The second-order valence-corrected chi connectivity index (χ2v) is 3.98. The minimum absolute atomic E-state index is 0.0551. The van der Waals surface area contributed by atoms with Gasteiger partial charge in [-0.05, 0) is 25.8 Å². The van der Waals surface area contributed by atoms with Crippen molar-refractivity contribution in [3.63, 3.8) is 0 Å². The van der Waals surface area contributed by atoms with Crippen LogP contribution in [0.1, 0.15) is 33.6 Å². The molecule has 0 saturated heterocycles. The van der Waals surface area contributed by atoms with E-state index in [-0.39, 0.29) is 5.43 Å². The first-order valence-electron chi connectivity index (χ1n) is 6.22. The Labute approximate surface area is 102 Å². The van der Waals surface area contributed by atoms with Gasteiger partial charge in [0.05, 0.1) is 5.22 Å². The fourth-order valence-electron chi connectivity index (χ4n) is 1.72. The van der Waals surface area contributed by atoms with Crippen molar-refractivity contribution in [1.29, 1.82) is 0 Å². The third-order valence-corrected chi connectivity index (χ3v) is 2.64. The molecule has 0 saturated carbocycles. The Bertz CT molecular complexity index is 516. The smallest absolute Gasteiger partial charge is 0.199 e. The molecule has 3 heteroatoms. The third-order valence-electron chi connectivity index (χ3n) is 2.64. The number of hydrogen-bond donors (Lipinski definition) is 0. The highest BCUT2D eigenvalue weighted by molar-refractivity contribution is 5.35. The maximum atomic E-state index is 11.8. The fourth-order valence-corrected chi connectivity index (χ4v) is 1.72. The summed E-state index contributed by atoms with van der Waals surface area (Å²) in [5.41, 5.74) is 0.546. The van der Waals surface area contributed by atoms with Gasteiger partial charge in [0, 0.05) is 19.2 Å². The zero-order valence-corrected chi connectivity index (χ0v) is 11.0. The zero-order valence-electron chi connectivity index (χ0n) is 11.0. The summed E-state index contributed by atoms with van der Waals surface area (Å²) in [5.74, 6) is 0.645. The molecule has 0 unspecified atom stereocenters. The molecule has 3 nitrogen and oxygen atoms in total. The van der Waals surface area contributed by atoms with E-state index in [1.807, 2.05) is 13.0 Å². The Hall–Kier alpha value is -1.51. The van der Waals surface area contributed by atoms with Crippen LogP contribution in [0.3, 0.4) is 0 Å². The van der Waals surface area contributed by atoms with Crippen molar-refractivity contribution in [2.45, 2.75) is 33.6 Å². The predicted molar refractivity (Wildman–Crippen MR) is 72.7 cm³/mol. The van der Waals surface area contributed by atoms with E-state index >= 15 is 0 Å². The van der Waals surface area contributed by atoms with Crippen LogP contribution in [0, 0.1) is 0 Å². The molecule has 0 aromatic carbocycles. The SMILES string of the molecule is C=c1c(=O)cc(N(CC)CCC)o/c1=C\CC. The lowest BCUT2D eigenvalue weighted by Gasteiger charge is -2.20. The summed E-state index contributed by atoms with van der Waals surface area (Å²) in [4.78, 5) is 13.9. The average molecular weight is 235 g/mol. The van der Waals surface area contributed by atoms with Crippen LogP contribution < -0.4 is 21.0 Å². The highest BCUT2D eigenvalue weighted by atomic mass is 16.3. The summed E-state index contributed by atoms with van der Waals surface area (Å²) < 4.78 is 5.74. The molecule has 0 aliphatic rings. The molecule has 1 aromatic heterocycles. The van der Waals surface area contributed by atoms with Crippen LogP contribution >= 0.6 is 0 Å². The largest absolute Gasteiger partial charge is 0.441 e. The minimum atomic E-state index is -0.0551. The lowest BCUT2D eigenvalue weighted by molar-refractivity contribution is 0.493. The Morgan fingerprint density at radius 2 is 2.12 bits per heavy atom. The molecule has 0 N–H and O–H groups in total. The maximum Gasteiger partial charge on any atom is 0.199 e. The Morgan fingerprint density at radius 1 is 1.41 bits per heavy atom. The van der Waals surface area contributed by atoms with Gasteiger partial charge in [0.15, 0.2) is 11.3 Å². The normalized spacial score (nSPS) is 11.8. The van der Waals surface area contributed by atoms with Crippen molar-refractivity contribution in [2.24, 2.45) is 0 Å². The van der Waals surface area contributed by atoms with Gasteiger partial charge in [-0.3, -0.25) is 4.79 Å². The minimum Gasteiger partial charge on any atom is -0.441 e. The lowest BCUT2D eigenvalue weighted by Crippen LogP contribution is -2.39. The molecular formula is C14H21NO2. The summed E-state index contributed by atoms with van der Waals surface area (Å²) in [5, 5.41) is 0.447. The van der Waals surface area contributed by atoms with Crippen LogP contribution in [0.2, 0.25) is 0 Å². The van der Waals surface area contributed by atoms with E-state index in [2.05, 4.69) is 25.3 Å². The summed E-state index contributed by atoms with van der Waals surface area (Å²) in [6.07, 6.45) is 3.75. The highest BCUT2D eigenvalue weighted by Crippen LogP contribution is 2.08. The molecule has 0 aliphatic heterocycles. The molecular weight excluding hydrogens is 214 g/mol. The Morgan fingerprint density at radius 3 is 2.65 bits per heavy atom. The van der Waals surface area contributed by atoms with Gasteiger partial charge in [-0.15, -0.1) is 0 Å². The third kappa shape index (κ3) is 3.22. The Balaban J connectivity index is 3.32. The quantitative estimate of drug-likeness (QED) is 0.775. The van der Waals surface area contributed by atoms with Gasteiger partial charge in [0.1, 0.15) is 5.42 Å². The van der Waals surface area contributed by atoms with E-state index < -0.39 is 0 Å². The van der Waals surface area contributed by atoms with Crippen molar-refractivity contribution in [2.75, 3.05) is 18.0 Å². The second-order valence-electron chi connectivity index (χ2n) is 3.98. The van der Waals surface area contributed by atoms with Crippen LogP contribution in [-0.2, 0) is 0 Å². The van der Waals surface area contributed by atoms with Crippen LogP contribution in [0.15, 0.2) is 15.3 Å². The van der Waals surface area contributed by atoms with E-state index in [0.29, 0.717) is 16.5 Å². The van der Waals surface area contributed by atoms with Gasteiger partial charge in [0.25, 0.3) is 0 Å². The topological polar surface area (TPSA) is 33.5 Å². The predicted octanol–water partition coefficient (Wildman–Crippen LogP) is 1.48. The van der Waals surface area contributed by atoms with Gasteiger partial charge >= 0.3 is 0 Å². The van der Waals surface area contributed by atoms with Crippen molar-refractivity contribution in [3.05, 3.63) is 26.9 Å². The van der Waals surface area contributed by atoms with Crippen LogP contribution in [0.25, 0.3) is 12.7 Å². The first-order chi connectivity index (χ1) is 8.13. The van der Waals surface area contributed by atoms with Gasteiger partial charge in [-0.25, -0.2) is 0 Å². The van der Waals surface area contributed by atoms with Crippen molar-refractivity contribution in [3.8, 4) is 0 Å². The zero-order chi connectivity index (χ0) is 12.8. The van der Waals surface area contributed by atoms with E-state index in [1.54, 1.807) is 0 Å². The summed E-state index contributed by atoms with van der Waals surface area (Å²) in [6.45, 7) is 11.6. The number of anilines is 1. The fraction of sp³-hybridized carbons (Fsp3) is 0.500. The molecule has 1 heterocycles. The first kappa shape index (κ1) is 13.6. The summed E-state index contributed by atoms with van der Waals surface area (Å²) in [6, 6.07) is 1.54. The standard InChI is InChI=1S/C14H21NO2/c1-5-8-13-11(4)12(16)10-14(17-13)15(7-3)9-6-2/h8,10H,4-7,9H2,1-3H3/b13-8-. The van der Waals surface area contributed by atoms with E-state index in [9.17, 15) is 4.79 Å². The summed E-state index contributed by atoms with van der Waals surface area (Å²) >= 11 is 0. The van der Waals surface area contributed by atoms with Crippen LogP contribution in [0.4, 0.5) is 5.88 Å². The van der Waals surface area contributed by atoms with Crippen molar-refractivity contribution >= 4 is 18.5 Å². The molecule has 0 radical (unpaired) electrons. The molecule has 0 bridgehead atoms. The average Bonchev–Trinajstić information content (AvgIpc) is 2.32. The molecule has 17 heavy (non-hydrogen) atoms. The van der Waals surface area contributed by atoms with E-state index in [0.717, 1.165) is 25.9 Å². The van der Waals surface area contributed by atoms with E-state index in [4.69, 9.17) is 4.42 Å².